The lowest BCUT2D eigenvalue weighted by atomic mass is 9.79. The molecule has 0 unspecified atom stereocenters. The van der Waals surface area contributed by atoms with E-state index in [1.54, 1.807) is 0 Å². The van der Waals surface area contributed by atoms with Gasteiger partial charge in [-0.1, -0.05) is 0 Å². The van der Waals surface area contributed by atoms with Gasteiger partial charge >= 0.3 is 12.1 Å². The van der Waals surface area contributed by atoms with Crippen LogP contribution in [-0.2, 0) is 12.1 Å². The summed E-state index contributed by atoms with van der Waals surface area (Å²) in [4.78, 5) is 11.3. The van der Waals surface area contributed by atoms with Crippen molar-refractivity contribution in [3.05, 3.63) is 58.7 Å². The molecule has 0 heterocycles. The minimum Gasteiger partial charge on any atom is -0.457 e. The zero-order valence-corrected chi connectivity index (χ0v) is 11.3. The Morgan fingerprint density at radius 2 is 1.54 bits per heavy atom. The number of halogens is 7. The second-order valence-electron chi connectivity index (χ2n) is 4.97. The van der Waals surface area contributed by atoms with Crippen LogP contribution in [0.15, 0.2) is 30.3 Å². The van der Waals surface area contributed by atoms with Crippen molar-refractivity contribution in [2.24, 2.45) is 0 Å². The van der Waals surface area contributed by atoms with Gasteiger partial charge in [0.05, 0.1) is 16.7 Å². The average Bonchev–Trinajstić information content (AvgIpc) is 2.43. The van der Waals surface area contributed by atoms with Gasteiger partial charge in [0.1, 0.15) is 23.1 Å². The molecule has 126 valence electrons. The lowest BCUT2D eigenvalue weighted by Gasteiger charge is -2.32. The minimum atomic E-state index is -5.01. The third-order valence-electron chi connectivity index (χ3n) is 3.36. The van der Waals surface area contributed by atoms with Gasteiger partial charge in [0.15, 0.2) is 0 Å². The number of ketones is 1. The lowest BCUT2D eigenvalue weighted by molar-refractivity contribution is -0.139. The molecule has 1 aliphatic rings. The molecule has 9 heteroatoms. The number of benzene rings is 2. The lowest BCUT2D eigenvalue weighted by Crippen LogP contribution is -2.41. The summed E-state index contributed by atoms with van der Waals surface area (Å²) in [5.41, 5.74) is -3.99. The van der Waals surface area contributed by atoms with Crippen LogP contribution in [0.4, 0.5) is 30.7 Å². The SMILES string of the molecule is O=C1c2c(C(F)(F)F)ccc(Oc3cc(F)cc(F)c3)c2C1(F)F. The molecule has 2 aromatic carbocycles. The van der Waals surface area contributed by atoms with E-state index in [2.05, 4.69) is 0 Å². The fourth-order valence-corrected chi connectivity index (χ4v) is 2.37. The fraction of sp³-hybridized carbons (Fsp3) is 0.133. The number of rotatable bonds is 2. The first-order chi connectivity index (χ1) is 11.0. The normalized spacial score (nSPS) is 15.7. The predicted octanol–water partition coefficient (Wildman–Crippen LogP) is 5.06. The Morgan fingerprint density at radius 3 is 2.08 bits per heavy atom. The highest BCUT2D eigenvalue weighted by molar-refractivity contribution is 6.13. The smallest absolute Gasteiger partial charge is 0.417 e. The zero-order chi connectivity index (χ0) is 17.9. The minimum absolute atomic E-state index is 0.400. The van der Waals surface area contributed by atoms with E-state index in [-0.39, 0.29) is 0 Å². The Kier molecular flexibility index (Phi) is 3.36. The number of fused-ring (bicyclic) bond motifs is 1. The van der Waals surface area contributed by atoms with Gasteiger partial charge in [-0.3, -0.25) is 4.79 Å². The Labute approximate surface area is 129 Å². The van der Waals surface area contributed by atoms with E-state index in [0.29, 0.717) is 30.3 Å². The summed E-state index contributed by atoms with van der Waals surface area (Å²) in [6, 6.07) is 2.79. The van der Waals surface area contributed by atoms with Crippen LogP contribution in [0.2, 0.25) is 0 Å². The summed E-state index contributed by atoms with van der Waals surface area (Å²) in [6.45, 7) is 0. The van der Waals surface area contributed by atoms with Crippen molar-refractivity contribution in [2.75, 3.05) is 0 Å². The van der Waals surface area contributed by atoms with E-state index < -0.39 is 57.7 Å². The molecule has 0 radical (unpaired) electrons. The van der Waals surface area contributed by atoms with Gasteiger partial charge in [-0.05, 0) is 12.1 Å². The molecule has 0 amide bonds. The van der Waals surface area contributed by atoms with Gasteiger partial charge in [-0.15, -0.1) is 0 Å². The summed E-state index contributed by atoms with van der Waals surface area (Å²) >= 11 is 0. The topological polar surface area (TPSA) is 26.3 Å². The standard InChI is InChI=1S/C15H5F7O2/c16-6-3-7(17)5-8(4-6)24-10-2-1-9(15(20,21)22)11-12(10)14(18,19)13(11)23/h1-5H. The molecular formula is C15H5F7O2. The molecule has 24 heavy (non-hydrogen) atoms. The van der Waals surface area contributed by atoms with Crippen molar-refractivity contribution in [1.29, 1.82) is 0 Å². The summed E-state index contributed by atoms with van der Waals surface area (Å²) in [6.07, 6.45) is -5.01. The van der Waals surface area contributed by atoms with Crippen molar-refractivity contribution < 1.29 is 40.3 Å². The average molecular weight is 350 g/mol. The molecule has 0 N–H and O–H groups in total. The molecule has 0 saturated carbocycles. The number of ether oxygens (including phenoxy) is 1. The third kappa shape index (κ3) is 2.40. The second-order valence-corrected chi connectivity index (χ2v) is 4.97. The van der Waals surface area contributed by atoms with Crippen LogP contribution >= 0.6 is 0 Å². The molecule has 0 aliphatic heterocycles. The van der Waals surface area contributed by atoms with E-state index in [0.717, 1.165) is 0 Å². The molecular weight excluding hydrogens is 345 g/mol. The Balaban J connectivity index is 2.13. The van der Waals surface area contributed by atoms with E-state index in [1.165, 1.54) is 0 Å². The van der Waals surface area contributed by atoms with Gasteiger partial charge in [-0.25, -0.2) is 8.78 Å². The largest absolute Gasteiger partial charge is 0.457 e. The molecule has 0 bridgehead atoms. The van der Waals surface area contributed by atoms with Crippen molar-refractivity contribution >= 4 is 5.78 Å². The highest BCUT2D eigenvalue weighted by Gasteiger charge is 2.59. The Morgan fingerprint density at radius 1 is 0.958 bits per heavy atom. The first kappa shape index (κ1) is 16.3. The van der Waals surface area contributed by atoms with E-state index in [9.17, 15) is 35.5 Å². The maximum absolute atomic E-state index is 13.7. The number of hydrogen-bond acceptors (Lipinski definition) is 2. The molecule has 0 saturated heterocycles. The quantitative estimate of drug-likeness (QED) is 0.708. The molecule has 0 fully saturated rings. The monoisotopic (exact) mass is 350 g/mol. The fourth-order valence-electron chi connectivity index (χ4n) is 2.37. The maximum Gasteiger partial charge on any atom is 0.417 e. The van der Waals surface area contributed by atoms with Crippen LogP contribution in [-0.4, -0.2) is 5.78 Å². The number of alkyl halides is 5. The van der Waals surface area contributed by atoms with Gasteiger partial charge in [0, 0.05) is 18.2 Å². The van der Waals surface area contributed by atoms with Crippen molar-refractivity contribution in [3.63, 3.8) is 0 Å². The maximum atomic E-state index is 13.7. The Hall–Kier alpha value is -2.58. The number of hydrogen-bond donors (Lipinski definition) is 0. The van der Waals surface area contributed by atoms with E-state index in [4.69, 9.17) is 4.74 Å². The van der Waals surface area contributed by atoms with Crippen LogP contribution in [0.1, 0.15) is 21.5 Å². The summed E-state index contributed by atoms with van der Waals surface area (Å²) < 4.78 is 96.8. The molecule has 0 spiro atoms. The predicted molar refractivity (Wildman–Crippen MR) is 66.1 cm³/mol. The van der Waals surface area contributed by atoms with E-state index >= 15 is 0 Å². The van der Waals surface area contributed by atoms with Crippen LogP contribution in [0, 0.1) is 11.6 Å². The van der Waals surface area contributed by atoms with Gasteiger partial charge in [0.25, 0.3) is 0 Å². The van der Waals surface area contributed by atoms with Crippen LogP contribution in [0.3, 0.4) is 0 Å². The van der Waals surface area contributed by atoms with Crippen molar-refractivity contribution in [2.45, 2.75) is 12.1 Å². The number of carbonyl (C=O) groups is 1. The summed E-state index contributed by atoms with van der Waals surface area (Å²) in [7, 11) is 0. The summed E-state index contributed by atoms with van der Waals surface area (Å²) in [5.74, 6) is -9.62. The highest BCUT2D eigenvalue weighted by atomic mass is 19.4. The Bertz CT molecular complexity index is 835. The van der Waals surface area contributed by atoms with Crippen molar-refractivity contribution in [3.8, 4) is 11.5 Å². The van der Waals surface area contributed by atoms with Crippen LogP contribution in [0.25, 0.3) is 0 Å². The van der Waals surface area contributed by atoms with Gasteiger partial charge < -0.3 is 4.74 Å². The third-order valence-corrected chi connectivity index (χ3v) is 3.36. The molecule has 2 aromatic rings. The molecule has 1 aliphatic carbocycles. The molecule has 0 aromatic heterocycles. The number of Topliss-reactive ketones (excluding diaryl/α,β-unsaturated/α-hetero) is 1. The highest BCUT2D eigenvalue weighted by Crippen LogP contribution is 2.53. The second kappa shape index (κ2) is 4.96. The molecule has 3 rings (SSSR count). The zero-order valence-electron chi connectivity index (χ0n) is 11.3. The summed E-state index contributed by atoms with van der Waals surface area (Å²) in [5, 5.41) is 0. The number of carbonyl (C=O) groups excluding carboxylic acids is 1. The molecule has 0 atom stereocenters. The van der Waals surface area contributed by atoms with E-state index in [1.807, 2.05) is 0 Å². The van der Waals surface area contributed by atoms with Gasteiger partial charge in [0.2, 0.25) is 5.78 Å². The molecule has 2 nitrogen and oxygen atoms in total. The van der Waals surface area contributed by atoms with Crippen molar-refractivity contribution in [1.82, 2.24) is 0 Å². The first-order valence-corrected chi connectivity index (χ1v) is 6.33. The van der Waals surface area contributed by atoms with Crippen LogP contribution in [0.5, 0.6) is 11.5 Å². The first-order valence-electron chi connectivity index (χ1n) is 6.33. The van der Waals surface area contributed by atoms with Crippen LogP contribution < -0.4 is 4.74 Å². The van der Waals surface area contributed by atoms with Gasteiger partial charge in [-0.2, -0.15) is 22.0 Å².